The van der Waals surface area contributed by atoms with Crippen LogP contribution in [0.15, 0.2) is 42.5 Å². The Hall–Kier alpha value is -1.71. The Balaban J connectivity index is 0.00000300. The monoisotopic (exact) mass is 417 g/mol. The maximum Gasteiger partial charge on any atom is 0.123 e. The molecule has 0 radical (unpaired) electrons. The van der Waals surface area contributed by atoms with Crippen LogP contribution in [0.1, 0.15) is 68.6 Å². The van der Waals surface area contributed by atoms with Crippen LogP contribution >= 0.6 is 12.4 Å². The molecule has 2 N–H and O–H groups in total. The molecule has 160 valence electrons. The molecule has 2 aromatic rings. The molecule has 1 atom stereocenters. The van der Waals surface area contributed by atoms with Gasteiger partial charge in [-0.1, -0.05) is 63.4 Å². The Labute approximate surface area is 182 Å². The highest BCUT2D eigenvalue weighted by molar-refractivity contribution is 5.85. The van der Waals surface area contributed by atoms with Crippen molar-refractivity contribution in [3.05, 3.63) is 59.2 Å². The zero-order chi connectivity index (χ0) is 19.9. The van der Waals surface area contributed by atoms with Crippen molar-refractivity contribution >= 4 is 12.4 Å². The topological polar surface area (TPSA) is 41.5 Å². The average molecular weight is 418 g/mol. The normalized spacial score (nSPS) is 15.7. The molecule has 4 heteroatoms. The standard InChI is InChI=1S/C25H35NO2.ClH/c1-18(2)22-15-23(27)19(3)14-24(22)28-25(21-12-8-5-9-13-21)17-26-16-20-10-6-4-7-11-20;/h4,6-7,10-11,14-15,18,21,25-27H,5,8-9,12-13,16-17H2,1-3H3;1H. The number of phenols is 1. The van der Waals surface area contributed by atoms with Gasteiger partial charge in [-0.05, 0) is 54.9 Å². The lowest BCUT2D eigenvalue weighted by atomic mass is 9.85. The van der Waals surface area contributed by atoms with E-state index in [1.807, 2.05) is 19.1 Å². The molecular formula is C25H36ClNO2. The highest BCUT2D eigenvalue weighted by Gasteiger charge is 2.26. The molecule has 0 spiro atoms. The third kappa shape index (κ3) is 6.65. The summed E-state index contributed by atoms with van der Waals surface area (Å²) >= 11 is 0. The first-order valence-corrected chi connectivity index (χ1v) is 10.8. The summed E-state index contributed by atoms with van der Waals surface area (Å²) in [6, 6.07) is 14.4. The van der Waals surface area contributed by atoms with Crippen molar-refractivity contribution in [1.82, 2.24) is 5.32 Å². The largest absolute Gasteiger partial charge is 0.508 e. The number of nitrogens with one attached hydrogen (secondary N) is 1. The molecule has 1 aliphatic carbocycles. The van der Waals surface area contributed by atoms with Crippen LogP contribution in [0.2, 0.25) is 0 Å². The third-order valence-corrected chi connectivity index (χ3v) is 5.92. The van der Waals surface area contributed by atoms with Crippen molar-refractivity contribution in [1.29, 1.82) is 0 Å². The van der Waals surface area contributed by atoms with Crippen molar-refractivity contribution in [2.24, 2.45) is 5.92 Å². The van der Waals surface area contributed by atoms with E-state index in [0.29, 0.717) is 17.6 Å². The Bertz CT molecular complexity index is 742. The van der Waals surface area contributed by atoms with Gasteiger partial charge >= 0.3 is 0 Å². The highest BCUT2D eigenvalue weighted by Crippen LogP contribution is 2.35. The molecule has 1 unspecified atom stereocenters. The van der Waals surface area contributed by atoms with Crippen molar-refractivity contribution in [3.8, 4) is 11.5 Å². The summed E-state index contributed by atoms with van der Waals surface area (Å²) in [6.07, 6.45) is 6.59. The SMILES string of the molecule is Cc1cc(OC(CNCc2ccccc2)C2CCCCC2)c(C(C)C)cc1O.Cl. The van der Waals surface area contributed by atoms with Crippen LogP contribution in [0, 0.1) is 12.8 Å². The van der Waals surface area contributed by atoms with Gasteiger partial charge in [-0.15, -0.1) is 12.4 Å². The quantitative estimate of drug-likeness (QED) is 0.524. The molecule has 1 fully saturated rings. The highest BCUT2D eigenvalue weighted by atomic mass is 35.5. The second-order valence-corrected chi connectivity index (χ2v) is 8.50. The molecule has 0 bridgehead atoms. The summed E-state index contributed by atoms with van der Waals surface area (Å²) < 4.78 is 6.65. The number of ether oxygens (including phenoxy) is 1. The molecule has 0 aliphatic heterocycles. The summed E-state index contributed by atoms with van der Waals surface area (Å²) in [4.78, 5) is 0. The fourth-order valence-corrected chi connectivity index (χ4v) is 4.17. The Kier molecular flexibility index (Phi) is 9.32. The van der Waals surface area contributed by atoms with Crippen LogP contribution in [0.4, 0.5) is 0 Å². The maximum absolute atomic E-state index is 10.2. The Morgan fingerprint density at radius 1 is 1.07 bits per heavy atom. The van der Waals surface area contributed by atoms with Crippen LogP contribution in [-0.2, 0) is 6.54 Å². The van der Waals surface area contributed by atoms with Crippen LogP contribution in [0.3, 0.4) is 0 Å². The number of phenolic OH excluding ortho intramolecular Hbond substituents is 1. The summed E-state index contributed by atoms with van der Waals surface area (Å²) in [7, 11) is 0. The summed E-state index contributed by atoms with van der Waals surface area (Å²) in [5.41, 5.74) is 3.26. The lowest BCUT2D eigenvalue weighted by molar-refractivity contribution is 0.104. The van der Waals surface area contributed by atoms with E-state index in [4.69, 9.17) is 4.74 Å². The first kappa shape index (κ1) is 23.6. The molecule has 0 heterocycles. The smallest absolute Gasteiger partial charge is 0.123 e. The average Bonchev–Trinajstić information content (AvgIpc) is 2.71. The van der Waals surface area contributed by atoms with Crippen molar-refractivity contribution in [2.75, 3.05) is 6.54 Å². The van der Waals surface area contributed by atoms with Gasteiger partial charge in [0, 0.05) is 18.7 Å². The number of aromatic hydroxyl groups is 1. The predicted molar refractivity (Wildman–Crippen MR) is 123 cm³/mol. The van der Waals surface area contributed by atoms with Crippen LogP contribution in [0.25, 0.3) is 0 Å². The molecule has 1 saturated carbocycles. The molecule has 29 heavy (non-hydrogen) atoms. The number of hydrogen-bond donors (Lipinski definition) is 2. The minimum absolute atomic E-state index is 0. The third-order valence-electron chi connectivity index (χ3n) is 5.92. The number of rotatable bonds is 8. The zero-order valence-electron chi connectivity index (χ0n) is 18.0. The van der Waals surface area contributed by atoms with Gasteiger partial charge in [-0.25, -0.2) is 0 Å². The molecule has 3 nitrogen and oxygen atoms in total. The lowest BCUT2D eigenvalue weighted by Gasteiger charge is -2.32. The second kappa shape index (κ2) is 11.5. The van der Waals surface area contributed by atoms with Crippen LogP contribution in [-0.4, -0.2) is 17.8 Å². The van der Waals surface area contributed by atoms with E-state index in [1.54, 1.807) is 0 Å². The van der Waals surface area contributed by atoms with E-state index < -0.39 is 0 Å². The lowest BCUT2D eigenvalue weighted by Crippen LogP contribution is -2.38. The van der Waals surface area contributed by atoms with Gasteiger partial charge in [-0.2, -0.15) is 0 Å². The van der Waals surface area contributed by atoms with Crippen LogP contribution in [0.5, 0.6) is 11.5 Å². The van der Waals surface area contributed by atoms with Gasteiger partial charge < -0.3 is 15.2 Å². The summed E-state index contributed by atoms with van der Waals surface area (Å²) in [5, 5.41) is 13.8. The maximum atomic E-state index is 10.2. The number of aryl methyl sites for hydroxylation is 1. The molecular weight excluding hydrogens is 382 g/mol. The van der Waals surface area contributed by atoms with Gasteiger partial charge in [0.1, 0.15) is 17.6 Å². The minimum Gasteiger partial charge on any atom is -0.508 e. The van der Waals surface area contributed by atoms with Crippen molar-refractivity contribution in [2.45, 2.75) is 71.4 Å². The van der Waals surface area contributed by atoms with E-state index in [2.05, 4.69) is 49.5 Å². The van der Waals surface area contributed by atoms with E-state index in [1.165, 1.54) is 37.7 Å². The van der Waals surface area contributed by atoms with Crippen molar-refractivity contribution in [3.63, 3.8) is 0 Å². The number of halogens is 1. The summed E-state index contributed by atoms with van der Waals surface area (Å²) in [5.74, 6) is 2.19. The molecule has 0 amide bonds. The van der Waals surface area contributed by atoms with Gasteiger partial charge in [-0.3, -0.25) is 0 Å². The van der Waals surface area contributed by atoms with Crippen LogP contribution < -0.4 is 10.1 Å². The van der Waals surface area contributed by atoms with E-state index >= 15 is 0 Å². The van der Waals surface area contributed by atoms with Gasteiger partial charge in [0.15, 0.2) is 0 Å². The molecule has 0 aromatic heterocycles. The molecule has 1 aliphatic rings. The fraction of sp³-hybridized carbons (Fsp3) is 0.520. The Morgan fingerprint density at radius 3 is 2.41 bits per heavy atom. The second-order valence-electron chi connectivity index (χ2n) is 8.50. The first-order valence-electron chi connectivity index (χ1n) is 10.8. The molecule has 0 saturated heterocycles. The predicted octanol–water partition coefficient (Wildman–Crippen LogP) is 6.36. The molecule has 2 aromatic carbocycles. The van der Waals surface area contributed by atoms with E-state index in [9.17, 15) is 5.11 Å². The summed E-state index contributed by atoms with van der Waals surface area (Å²) in [6.45, 7) is 7.95. The zero-order valence-corrected chi connectivity index (χ0v) is 18.8. The Morgan fingerprint density at radius 2 is 1.76 bits per heavy atom. The number of benzene rings is 2. The van der Waals surface area contributed by atoms with Gasteiger partial charge in [0.05, 0.1) is 0 Å². The van der Waals surface area contributed by atoms with Crippen molar-refractivity contribution < 1.29 is 9.84 Å². The van der Waals surface area contributed by atoms with E-state index in [-0.39, 0.29) is 18.5 Å². The van der Waals surface area contributed by atoms with E-state index in [0.717, 1.165) is 30.0 Å². The first-order chi connectivity index (χ1) is 13.5. The fourth-order valence-electron chi connectivity index (χ4n) is 4.17. The van der Waals surface area contributed by atoms with Gasteiger partial charge in [0.25, 0.3) is 0 Å². The minimum atomic E-state index is 0. The van der Waals surface area contributed by atoms with Gasteiger partial charge in [0.2, 0.25) is 0 Å². The molecule has 3 rings (SSSR count). The number of hydrogen-bond acceptors (Lipinski definition) is 3.